The van der Waals surface area contributed by atoms with Gasteiger partial charge in [-0.15, -0.1) is 0 Å². The van der Waals surface area contributed by atoms with Crippen molar-refractivity contribution in [2.75, 3.05) is 13.2 Å². The molecule has 2 aromatic rings. The molecule has 1 saturated heterocycles. The van der Waals surface area contributed by atoms with Crippen LogP contribution in [0.1, 0.15) is 23.3 Å². The molecule has 0 amide bonds. The Kier molecular flexibility index (Phi) is 3.40. The SMILES string of the molecule is c1ccc([C@@H]2CO[C@@H](c3ccccc3)CN2)cc1. The van der Waals surface area contributed by atoms with Crippen molar-refractivity contribution in [3.8, 4) is 0 Å². The minimum Gasteiger partial charge on any atom is -0.370 e. The molecule has 0 aromatic heterocycles. The number of ether oxygens (including phenoxy) is 1. The standard InChI is InChI=1S/C16H17NO/c1-3-7-13(8-4-1)15-12-18-16(11-17-15)14-9-5-2-6-10-14/h1-10,15-17H,11-12H2/t15-,16+/m0/s1. The summed E-state index contributed by atoms with van der Waals surface area (Å²) in [6.07, 6.45) is 0.172. The second-order valence-electron chi connectivity index (χ2n) is 4.60. The summed E-state index contributed by atoms with van der Waals surface area (Å²) < 4.78 is 5.97. The van der Waals surface area contributed by atoms with E-state index < -0.39 is 0 Å². The average molecular weight is 239 g/mol. The van der Waals surface area contributed by atoms with Crippen LogP contribution in [0.3, 0.4) is 0 Å². The Labute approximate surface area is 108 Å². The zero-order valence-corrected chi connectivity index (χ0v) is 10.3. The Bertz CT molecular complexity index is 427. The quantitative estimate of drug-likeness (QED) is 0.869. The van der Waals surface area contributed by atoms with E-state index in [4.69, 9.17) is 4.74 Å². The first-order valence-corrected chi connectivity index (χ1v) is 6.38. The Morgan fingerprint density at radius 1 is 0.833 bits per heavy atom. The lowest BCUT2D eigenvalue weighted by Gasteiger charge is -2.31. The molecule has 1 aliphatic rings. The molecular weight excluding hydrogens is 222 g/mol. The van der Waals surface area contributed by atoms with Crippen molar-refractivity contribution < 1.29 is 4.74 Å². The fourth-order valence-electron chi connectivity index (χ4n) is 2.36. The van der Waals surface area contributed by atoms with E-state index in [1.165, 1.54) is 11.1 Å². The molecular formula is C16H17NO. The van der Waals surface area contributed by atoms with Crippen LogP contribution in [0.4, 0.5) is 0 Å². The fraction of sp³-hybridized carbons (Fsp3) is 0.250. The molecule has 0 saturated carbocycles. The molecule has 0 radical (unpaired) electrons. The maximum atomic E-state index is 5.97. The van der Waals surface area contributed by atoms with Crippen molar-refractivity contribution >= 4 is 0 Å². The van der Waals surface area contributed by atoms with Gasteiger partial charge in [-0.1, -0.05) is 60.7 Å². The summed E-state index contributed by atoms with van der Waals surface area (Å²) in [4.78, 5) is 0. The molecule has 0 unspecified atom stereocenters. The fourth-order valence-corrected chi connectivity index (χ4v) is 2.36. The molecule has 0 spiro atoms. The third-order valence-electron chi connectivity index (χ3n) is 3.39. The lowest BCUT2D eigenvalue weighted by atomic mass is 10.0. The van der Waals surface area contributed by atoms with Crippen LogP contribution in [-0.4, -0.2) is 13.2 Å². The van der Waals surface area contributed by atoms with Crippen LogP contribution in [0.5, 0.6) is 0 Å². The number of hydrogen-bond donors (Lipinski definition) is 1. The van der Waals surface area contributed by atoms with E-state index in [9.17, 15) is 0 Å². The van der Waals surface area contributed by atoms with Crippen molar-refractivity contribution in [3.63, 3.8) is 0 Å². The second-order valence-corrected chi connectivity index (χ2v) is 4.60. The topological polar surface area (TPSA) is 21.3 Å². The summed E-state index contributed by atoms with van der Waals surface area (Å²) >= 11 is 0. The van der Waals surface area contributed by atoms with Crippen molar-refractivity contribution in [1.82, 2.24) is 5.32 Å². The van der Waals surface area contributed by atoms with Crippen LogP contribution in [-0.2, 0) is 4.74 Å². The van der Waals surface area contributed by atoms with Gasteiger partial charge >= 0.3 is 0 Å². The first-order valence-electron chi connectivity index (χ1n) is 6.38. The zero-order chi connectivity index (χ0) is 12.2. The van der Waals surface area contributed by atoms with Gasteiger partial charge in [0.2, 0.25) is 0 Å². The normalized spacial score (nSPS) is 23.8. The number of rotatable bonds is 2. The van der Waals surface area contributed by atoms with Gasteiger partial charge in [0.05, 0.1) is 18.8 Å². The van der Waals surface area contributed by atoms with Gasteiger partial charge in [0.1, 0.15) is 0 Å². The summed E-state index contributed by atoms with van der Waals surface area (Å²) in [5.41, 5.74) is 2.54. The van der Waals surface area contributed by atoms with E-state index in [-0.39, 0.29) is 6.10 Å². The maximum Gasteiger partial charge on any atom is 0.0950 e. The summed E-state index contributed by atoms with van der Waals surface area (Å²) in [7, 11) is 0. The predicted octanol–water partition coefficient (Wildman–Crippen LogP) is 3.09. The predicted molar refractivity (Wildman–Crippen MR) is 72.3 cm³/mol. The number of hydrogen-bond acceptors (Lipinski definition) is 2. The number of morpholine rings is 1. The first kappa shape index (κ1) is 11.5. The molecule has 92 valence electrons. The Hall–Kier alpha value is -1.64. The van der Waals surface area contributed by atoms with Crippen LogP contribution in [0, 0.1) is 0 Å². The molecule has 2 heteroatoms. The molecule has 2 nitrogen and oxygen atoms in total. The third kappa shape index (κ3) is 2.45. The molecule has 2 atom stereocenters. The van der Waals surface area contributed by atoms with Crippen LogP contribution in [0.15, 0.2) is 60.7 Å². The highest BCUT2D eigenvalue weighted by Gasteiger charge is 2.22. The molecule has 1 aliphatic heterocycles. The monoisotopic (exact) mass is 239 g/mol. The van der Waals surface area contributed by atoms with E-state index >= 15 is 0 Å². The van der Waals surface area contributed by atoms with Crippen molar-refractivity contribution in [3.05, 3.63) is 71.8 Å². The van der Waals surface area contributed by atoms with Gasteiger partial charge < -0.3 is 10.1 Å². The Balaban J connectivity index is 1.65. The van der Waals surface area contributed by atoms with E-state index in [2.05, 4.69) is 53.8 Å². The maximum absolute atomic E-state index is 5.97. The number of nitrogens with one attached hydrogen (secondary N) is 1. The second kappa shape index (κ2) is 5.34. The molecule has 3 rings (SSSR count). The third-order valence-corrected chi connectivity index (χ3v) is 3.39. The van der Waals surface area contributed by atoms with Crippen molar-refractivity contribution in [1.29, 1.82) is 0 Å². The lowest BCUT2D eigenvalue weighted by molar-refractivity contribution is 0.00238. The Morgan fingerprint density at radius 3 is 2.00 bits per heavy atom. The molecule has 0 aliphatic carbocycles. The van der Waals surface area contributed by atoms with E-state index in [1.54, 1.807) is 0 Å². The molecule has 1 fully saturated rings. The summed E-state index contributed by atoms with van der Waals surface area (Å²) in [6.45, 7) is 1.59. The Morgan fingerprint density at radius 2 is 1.44 bits per heavy atom. The van der Waals surface area contributed by atoms with E-state index in [0.717, 1.165) is 13.2 Å². The van der Waals surface area contributed by atoms with Crippen LogP contribution >= 0.6 is 0 Å². The minimum atomic E-state index is 0.172. The number of benzene rings is 2. The highest BCUT2D eigenvalue weighted by molar-refractivity contribution is 5.22. The molecule has 1 heterocycles. The van der Waals surface area contributed by atoms with Gasteiger partial charge in [0.15, 0.2) is 0 Å². The molecule has 18 heavy (non-hydrogen) atoms. The van der Waals surface area contributed by atoms with Gasteiger partial charge in [-0.2, -0.15) is 0 Å². The van der Waals surface area contributed by atoms with Gasteiger partial charge in [-0.25, -0.2) is 0 Å². The summed E-state index contributed by atoms with van der Waals surface area (Å²) in [6, 6.07) is 21.2. The van der Waals surface area contributed by atoms with Crippen molar-refractivity contribution in [2.45, 2.75) is 12.1 Å². The average Bonchev–Trinajstić information content (AvgIpc) is 2.49. The molecule has 1 N–H and O–H groups in total. The van der Waals surface area contributed by atoms with Crippen LogP contribution in [0.25, 0.3) is 0 Å². The van der Waals surface area contributed by atoms with E-state index in [1.807, 2.05) is 12.1 Å². The smallest absolute Gasteiger partial charge is 0.0950 e. The van der Waals surface area contributed by atoms with E-state index in [0.29, 0.717) is 6.04 Å². The summed E-state index contributed by atoms with van der Waals surface area (Å²) in [5, 5.41) is 3.56. The minimum absolute atomic E-state index is 0.172. The zero-order valence-electron chi connectivity index (χ0n) is 10.3. The van der Waals surface area contributed by atoms with Gasteiger partial charge in [0, 0.05) is 6.54 Å². The molecule has 0 bridgehead atoms. The highest BCUT2D eigenvalue weighted by atomic mass is 16.5. The van der Waals surface area contributed by atoms with Gasteiger partial charge in [-0.3, -0.25) is 0 Å². The van der Waals surface area contributed by atoms with Crippen LogP contribution < -0.4 is 5.32 Å². The van der Waals surface area contributed by atoms with Gasteiger partial charge in [-0.05, 0) is 11.1 Å². The summed E-state index contributed by atoms with van der Waals surface area (Å²) in [5.74, 6) is 0. The largest absolute Gasteiger partial charge is 0.370 e. The highest BCUT2D eigenvalue weighted by Crippen LogP contribution is 2.25. The molecule has 2 aromatic carbocycles. The van der Waals surface area contributed by atoms with Crippen LogP contribution in [0.2, 0.25) is 0 Å². The van der Waals surface area contributed by atoms with Crippen molar-refractivity contribution in [2.24, 2.45) is 0 Å². The lowest BCUT2D eigenvalue weighted by Crippen LogP contribution is -2.36. The first-order chi connectivity index (χ1) is 8.93. The van der Waals surface area contributed by atoms with Gasteiger partial charge in [0.25, 0.3) is 0 Å².